The largest absolute Gasteiger partial charge is 0.367 e. The van der Waals surface area contributed by atoms with E-state index in [0.29, 0.717) is 16.6 Å². The Morgan fingerprint density at radius 2 is 2.11 bits per heavy atom. The molecular formula is C14H12Cl2N2O. The molecule has 3 nitrogen and oxygen atoms in total. The molecule has 0 bridgehead atoms. The summed E-state index contributed by atoms with van der Waals surface area (Å²) in [6.07, 6.45) is 6.80. The van der Waals surface area contributed by atoms with E-state index in [2.05, 4.69) is 10.3 Å². The van der Waals surface area contributed by atoms with Crippen LogP contribution in [0.15, 0.2) is 42.7 Å². The summed E-state index contributed by atoms with van der Waals surface area (Å²) < 4.78 is 0. The number of nitrogens with one attached hydrogen (secondary N) is 2. The number of amides is 1. The molecule has 0 aliphatic heterocycles. The molecule has 2 rings (SSSR count). The van der Waals surface area contributed by atoms with Crippen molar-refractivity contribution in [2.75, 3.05) is 0 Å². The van der Waals surface area contributed by atoms with E-state index in [0.717, 1.165) is 11.1 Å². The van der Waals surface area contributed by atoms with Gasteiger partial charge in [-0.1, -0.05) is 29.3 Å². The zero-order valence-electron chi connectivity index (χ0n) is 9.99. The second-order valence-corrected chi connectivity index (χ2v) is 4.76. The number of aromatic amines is 1. The van der Waals surface area contributed by atoms with Gasteiger partial charge < -0.3 is 10.3 Å². The molecule has 1 aromatic carbocycles. The van der Waals surface area contributed by atoms with E-state index in [4.69, 9.17) is 23.2 Å². The fourth-order valence-electron chi connectivity index (χ4n) is 1.50. The van der Waals surface area contributed by atoms with Gasteiger partial charge in [-0.3, -0.25) is 4.79 Å². The predicted octanol–water partition coefficient (Wildman–Crippen LogP) is 3.65. The van der Waals surface area contributed by atoms with Crippen molar-refractivity contribution < 1.29 is 4.79 Å². The Hall–Kier alpha value is -1.71. The van der Waals surface area contributed by atoms with Crippen LogP contribution in [0.5, 0.6) is 0 Å². The summed E-state index contributed by atoms with van der Waals surface area (Å²) in [5.74, 6) is -0.160. The van der Waals surface area contributed by atoms with Gasteiger partial charge in [-0.2, -0.15) is 0 Å². The standard InChI is InChI=1S/C14H12Cl2N2O/c15-12-3-1-10(7-13(12)16)2-4-14(19)18-9-11-5-6-17-8-11/h1-8,17H,9H2,(H,18,19)/b4-2+. The molecule has 2 aromatic rings. The van der Waals surface area contributed by atoms with Gasteiger partial charge in [0.15, 0.2) is 0 Å². The number of H-pyrrole nitrogens is 1. The van der Waals surface area contributed by atoms with Crippen molar-refractivity contribution in [3.05, 3.63) is 63.9 Å². The molecule has 1 aromatic heterocycles. The topological polar surface area (TPSA) is 44.9 Å². The lowest BCUT2D eigenvalue weighted by Gasteiger charge is -2.00. The number of carbonyl (C=O) groups is 1. The second-order valence-electron chi connectivity index (χ2n) is 3.94. The number of carbonyl (C=O) groups excluding carboxylic acids is 1. The fourth-order valence-corrected chi connectivity index (χ4v) is 1.81. The van der Waals surface area contributed by atoms with Gasteiger partial charge >= 0.3 is 0 Å². The van der Waals surface area contributed by atoms with Crippen molar-refractivity contribution in [2.45, 2.75) is 6.54 Å². The first-order valence-electron chi connectivity index (χ1n) is 5.68. The Kier molecular flexibility index (Phi) is 4.66. The van der Waals surface area contributed by atoms with Crippen LogP contribution >= 0.6 is 23.2 Å². The molecule has 0 radical (unpaired) electrons. The summed E-state index contributed by atoms with van der Waals surface area (Å²) >= 11 is 11.7. The van der Waals surface area contributed by atoms with E-state index < -0.39 is 0 Å². The van der Waals surface area contributed by atoms with Crippen LogP contribution in [0.3, 0.4) is 0 Å². The second kappa shape index (κ2) is 6.45. The molecule has 1 heterocycles. The van der Waals surface area contributed by atoms with Gasteiger partial charge in [-0.15, -0.1) is 0 Å². The highest BCUT2D eigenvalue weighted by Gasteiger charge is 1.99. The van der Waals surface area contributed by atoms with Crippen LogP contribution in [0.1, 0.15) is 11.1 Å². The van der Waals surface area contributed by atoms with Crippen molar-refractivity contribution in [2.24, 2.45) is 0 Å². The summed E-state index contributed by atoms with van der Waals surface area (Å²) in [5.41, 5.74) is 1.85. The molecule has 2 N–H and O–H groups in total. The van der Waals surface area contributed by atoms with Crippen molar-refractivity contribution in [3.63, 3.8) is 0 Å². The molecule has 19 heavy (non-hydrogen) atoms. The minimum absolute atomic E-state index is 0.160. The van der Waals surface area contributed by atoms with E-state index >= 15 is 0 Å². The van der Waals surface area contributed by atoms with E-state index in [1.165, 1.54) is 6.08 Å². The van der Waals surface area contributed by atoms with E-state index in [1.807, 2.05) is 18.5 Å². The minimum atomic E-state index is -0.160. The molecule has 0 spiro atoms. The number of aromatic nitrogens is 1. The van der Waals surface area contributed by atoms with E-state index in [1.54, 1.807) is 24.3 Å². The third kappa shape index (κ3) is 4.16. The fraction of sp³-hybridized carbons (Fsp3) is 0.0714. The molecule has 0 unspecified atom stereocenters. The first-order chi connectivity index (χ1) is 9.15. The maximum atomic E-state index is 11.6. The zero-order valence-corrected chi connectivity index (χ0v) is 11.5. The highest BCUT2D eigenvalue weighted by Crippen LogP contribution is 2.22. The van der Waals surface area contributed by atoms with E-state index in [9.17, 15) is 4.79 Å². The number of hydrogen-bond acceptors (Lipinski definition) is 1. The molecular weight excluding hydrogens is 283 g/mol. The normalized spacial score (nSPS) is 10.8. The zero-order chi connectivity index (χ0) is 13.7. The molecule has 0 aliphatic carbocycles. The number of hydrogen-bond donors (Lipinski definition) is 2. The summed E-state index contributed by atoms with van der Waals surface area (Å²) in [5, 5.41) is 3.74. The molecule has 5 heteroatoms. The maximum absolute atomic E-state index is 11.6. The molecule has 0 saturated heterocycles. The summed E-state index contributed by atoms with van der Waals surface area (Å²) in [7, 11) is 0. The smallest absolute Gasteiger partial charge is 0.244 e. The number of halogens is 2. The Bertz CT molecular complexity index is 591. The molecule has 0 aliphatic rings. The van der Waals surface area contributed by atoms with Gasteiger partial charge in [-0.25, -0.2) is 0 Å². The van der Waals surface area contributed by atoms with Crippen LogP contribution in [0.2, 0.25) is 10.0 Å². The molecule has 98 valence electrons. The van der Waals surface area contributed by atoms with Crippen LogP contribution in [-0.2, 0) is 11.3 Å². The third-order valence-electron chi connectivity index (χ3n) is 2.50. The Morgan fingerprint density at radius 3 is 2.79 bits per heavy atom. The average Bonchev–Trinajstić information content (AvgIpc) is 2.91. The number of benzene rings is 1. The molecule has 0 atom stereocenters. The summed E-state index contributed by atoms with van der Waals surface area (Å²) in [6.45, 7) is 0.494. The highest BCUT2D eigenvalue weighted by atomic mass is 35.5. The summed E-state index contributed by atoms with van der Waals surface area (Å²) in [6, 6.07) is 7.11. The molecule has 1 amide bonds. The van der Waals surface area contributed by atoms with Gasteiger partial charge in [0, 0.05) is 25.0 Å². The van der Waals surface area contributed by atoms with Gasteiger partial charge in [0.25, 0.3) is 0 Å². The quantitative estimate of drug-likeness (QED) is 0.831. The van der Waals surface area contributed by atoms with Crippen molar-refractivity contribution in [3.8, 4) is 0 Å². The van der Waals surface area contributed by atoms with Gasteiger partial charge in [-0.05, 0) is 35.4 Å². The predicted molar refractivity (Wildman–Crippen MR) is 78.1 cm³/mol. The van der Waals surface area contributed by atoms with E-state index in [-0.39, 0.29) is 5.91 Å². The Balaban J connectivity index is 1.90. The van der Waals surface area contributed by atoms with Crippen LogP contribution in [0.4, 0.5) is 0 Å². The van der Waals surface area contributed by atoms with Gasteiger partial charge in [0.1, 0.15) is 0 Å². The molecule has 0 saturated carbocycles. The number of rotatable bonds is 4. The molecule has 0 fully saturated rings. The average molecular weight is 295 g/mol. The SMILES string of the molecule is O=C(/C=C/c1ccc(Cl)c(Cl)c1)NCc1cc[nH]c1. The Labute approximate surface area is 121 Å². The van der Waals surface area contributed by atoms with Gasteiger partial charge in [0.2, 0.25) is 5.91 Å². The lowest BCUT2D eigenvalue weighted by Crippen LogP contribution is -2.19. The van der Waals surface area contributed by atoms with Crippen molar-refractivity contribution in [1.82, 2.24) is 10.3 Å². The minimum Gasteiger partial charge on any atom is -0.367 e. The lowest BCUT2D eigenvalue weighted by molar-refractivity contribution is -0.116. The third-order valence-corrected chi connectivity index (χ3v) is 3.24. The summed E-state index contributed by atoms with van der Waals surface area (Å²) in [4.78, 5) is 14.5. The van der Waals surface area contributed by atoms with Crippen LogP contribution in [0, 0.1) is 0 Å². The lowest BCUT2D eigenvalue weighted by atomic mass is 10.2. The first kappa shape index (κ1) is 13.7. The maximum Gasteiger partial charge on any atom is 0.244 e. The highest BCUT2D eigenvalue weighted by molar-refractivity contribution is 6.42. The van der Waals surface area contributed by atoms with Crippen molar-refractivity contribution in [1.29, 1.82) is 0 Å². The van der Waals surface area contributed by atoms with Crippen molar-refractivity contribution >= 4 is 35.2 Å². The monoisotopic (exact) mass is 294 g/mol. The van der Waals surface area contributed by atoms with Crippen LogP contribution in [-0.4, -0.2) is 10.9 Å². The Morgan fingerprint density at radius 1 is 1.26 bits per heavy atom. The van der Waals surface area contributed by atoms with Crippen LogP contribution < -0.4 is 5.32 Å². The van der Waals surface area contributed by atoms with Crippen LogP contribution in [0.25, 0.3) is 6.08 Å². The van der Waals surface area contributed by atoms with Gasteiger partial charge in [0.05, 0.1) is 10.0 Å². The first-order valence-corrected chi connectivity index (χ1v) is 6.43.